The maximum Gasteiger partial charge on any atom is 0.416 e. The molecule has 6 rings (SSSR count). The number of ether oxygens (including phenoxy) is 4. The summed E-state index contributed by atoms with van der Waals surface area (Å²) in [5.74, 6) is -1.49. The molecule has 0 aromatic heterocycles. The van der Waals surface area contributed by atoms with Crippen LogP contribution in [0.1, 0.15) is 76.9 Å². The molecule has 3 atom stereocenters. The molecule has 0 N–H and O–H groups in total. The number of amides is 2. The molecule has 0 aliphatic carbocycles. The first-order valence-electron chi connectivity index (χ1n) is 22.4. The minimum Gasteiger partial charge on any atom is -0.465 e. The fourth-order valence-corrected chi connectivity index (χ4v) is 11.4. The number of rotatable bonds is 18. The summed E-state index contributed by atoms with van der Waals surface area (Å²) in [6, 6.07) is 20.0. The molecular formula is C48H54ClF3N4O12S2. The summed E-state index contributed by atoms with van der Waals surface area (Å²) in [5, 5.41) is 0.371. The topological polar surface area (TPSA) is 186 Å². The number of halogens is 4. The maximum atomic E-state index is 14.1. The van der Waals surface area contributed by atoms with Crippen molar-refractivity contribution in [1.29, 1.82) is 0 Å². The SMILES string of the molecule is CCOC(=O)N1CCC(N(Cc2ccc(C(=O)OCCC(C)COC(=O)N3CCCC(N(Cc4ccc(C(=O)OC)cc4)S(=O)(=O)c4ccc(C(F)(F)F)cc4)C3)cc2)S(=O)(=O)c2ccc(Cl)cc2)C1. The zero-order valence-electron chi connectivity index (χ0n) is 38.7. The number of hydrogen-bond acceptors (Lipinski definition) is 12. The van der Waals surface area contributed by atoms with Gasteiger partial charge in [0.1, 0.15) is 0 Å². The van der Waals surface area contributed by atoms with Crippen molar-refractivity contribution in [3.05, 3.63) is 130 Å². The zero-order valence-corrected chi connectivity index (χ0v) is 41.1. The molecule has 2 aliphatic heterocycles. The fourth-order valence-electron chi connectivity index (χ4n) is 8.02. The second-order valence-corrected chi connectivity index (χ2v) is 21.1. The van der Waals surface area contributed by atoms with E-state index in [1.54, 1.807) is 38.1 Å². The number of likely N-dealkylation sites (tertiary alicyclic amines) is 2. The van der Waals surface area contributed by atoms with Gasteiger partial charge in [-0.1, -0.05) is 42.8 Å². The number of hydrogen-bond donors (Lipinski definition) is 0. The second-order valence-electron chi connectivity index (χ2n) is 16.9. The third-order valence-electron chi connectivity index (χ3n) is 11.9. The summed E-state index contributed by atoms with van der Waals surface area (Å²) in [5.41, 5.74) is 0.495. The quantitative estimate of drug-likeness (QED) is 0.0688. The van der Waals surface area contributed by atoms with E-state index in [0.717, 1.165) is 16.4 Å². The lowest BCUT2D eigenvalue weighted by molar-refractivity contribution is -0.137. The standard InChI is InChI=1S/C48H54ClF3N4O12S2/c1-4-66-46(59)54-26-23-41(31-54)56(70(63,64)43-21-17-39(49)18-22-43)29-35-9-13-37(14-10-35)45(58)67-27-24-33(2)32-68-47(60)53-25-5-6-40(30-53)55(28-34-7-11-36(12-8-34)44(57)65-3)69(61,62)42-19-15-38(16-20-42)48(50,51)52/h7-22,33,40-41H,4-6,23-32H2,1-3H3. The van der Waals surface area contributed by atoms with Crippen molar-refractivity contribution in [2.75, 3.05) is 53.1 Å². The molecule has 0 spiro atoms. The lowest BCUT2D eigenvalue weighted by Gasteiger charge is -2.38. The van der Waals surface area contributed by atoms with E-state index in [9.17, 15) is 49.2 Å². The van der Waals surface area contributed by atoms with Crippen molar-refractivity contribution in [2.24, 2.45) is 5.92 Å². The number of carbonyl (C=O) groups excluding carboxylic acids is 4. The average Bonchev–Trinajstić information content (AvgIpc) is 3.84. The van der Waals surface area contributed by atoms with Crippen molar-refractivity contribution in [3.8, 4) is 0 Å². The first-order chi connectivity index (χ1) is 33.2. The molecule has 2 saturated heterocycles. The van der Waals surface area contributed by atoms with Crippen LogP contribution in [-0.2, 0) is 58.3 Å². The van der Waals surface area contributed by atoms with Gasteiger partial charge in [0.2, 0.25) is 20.0 Å². The molecule has 3 unspecified atom stereocenters. The number of nitrogens with zero attached hydrogens (tertiary/aromatic N) is 4. The van der Waals surface area contributed by atoms with Gasteiger partial charge in [0, 0.05) is 56.4 Å². The lowest BCUT2D eigenvalue weighted by Crippen LogP contribution is -2.51. The van der Waals surface area contributed by atoms with E-state index < -0.39 is 68.0 Å². The Labute approximate surface area is 410 Å². The van der Waals surface area contributed by atoms with Crippen molar-refractivity contribution >= 4 is 55.8 Å². The summed E-state index contributed by atoms with van der Waals surface area (Å²) >= 11 is 6.03. The summed E-state index contributed by atoms with van der Waals surface area (Å²) in [6.45, 7) is 3.94. The largest absolute Gasteiger partial charge is 0.465 e. The van der Waals surface area contributed by atoms with Gasteiger partial charge < -0.3 is 28.7 Å². The van der Waals surface area contributed by atoms with Crippen LogP contribution in [0.3, 0.4) is 0 Å². The molecule has 378 valence electrons. The fraction of sp³-hybridized carbons (Fsp3) is 0.417. The molecule has 2 fully saturated rings. The normalized spacial score (nSPS) is 17.0. The van der Waals surface area contributed by atoms with Gasteiger partial charge in [0.15, 0.2) is 0 Å². The highest BCUT2D eigenvalue weighted by atomic mass is 35.5. The monoisotopic (exact) mass is 1030 g/mol. The minimum absolute atomic E-state index is 0.0196. The van der Waals surface area contributed by atoms with Crippen molar-refractivity contribution < 1.29 is 68.1 Å². The van der Waals surface area contributed by atoms with E-state index >= 15 is 0 Å². The Morgan fingerprint density at radius 1 is 0.686 bits per heavy atom. The number of sulfonamides is 2. The van der Waals surface area contributed by atoms with E-state index in [-0.39, 0.29) is 79.4 Å². The van der Waals surface area contributed by atoms with Crippen LogP contribution < -0.4 is 0 Å². The number of methoxy groups -OCH3 is 1. The van der Waals surface area contributed by atoms with Crippen molar-refractivity contribution in [1.82, 2.24) is 18.4 Å². The van der Waals surface area contributed by atoms with Gasteiger partial charge in [0.25, 0.3) is 0 Å². The van der Waals surface area contributed by atoms with Crippen LogP contribution in [0.25, 0.3) is 0 Å². The molecule has 0 saturated carbocycles. The van der Waals surface area contributed by atoms with Crippen molar-refractivity contribution in [2.45, 2.75) is 80.7 Å². The molecule has 70 heavy (non-hydrogen) atoms. The van der Waals surface area contributed by atoms with E-state index in [0.29, 0.717) is 60.5 Å². The Kier molecular flexibility index (Phi) is 18.0. The number of piperidine rings is 1. The molecule has 0 bridgehead atoms. The molecule has 22 heteroatoms. The van der Waals surface area contributed by atoms with Gasteiger partial charge in [-0.05, 0) is 122 Å². The Balaban J connectivity index is 1.03. The van der Waals surface area contributed by atoms with Crippen LogP contribution in [0, 0.1) is 5.92 Å². The molecule has 2 heterocycles. The maximum absolute atomic E-state index is 14.1. The Hall–Kier alpha value is -5.74. The molecule has 2 aliphatic rings. The van der Waals surface area contributed by atoms with Crippen LogP contribution in [0.5, 0.6) is 0 Å². The van der Waals surface area contributed by atoms with E-state index in [1.807, 2.05) is 0 Å². The van der Waals surface area contributed by atoms with Crippen LogP contribution in [0.4, 0.5) is 22.8 Å². The highest BCUT2D eigenvalue weighted by Gasteiger charge is 2.39. The summed E-state index contributed by atoms with van der Waals surface area (Å²) in [6.07, 6.45) is -4.49. The first kappa shape index (κ1) is 53.6. The smallest absolute Gasteiger partial charge is 0.416 e. The van der Waals surface area contributed by atoms with Gasteiger partial charge in [-0.2, -0.15) is 21.8 Å². The first-order valence-corrected chi connectivity index (χ1v) is 25.7. The molecule has 2 amide bonds. The lowest BCUT2D eigenvalue weighted by atomic mass is 10.1. The van der Waals surface area contributed by atoms with Gasteiger partial charge in [-0.15, -0.1) is 0 Å². The van der Waals surface area contributed by atoms with Gasteiger partial charge in [0.05, 0.1) is 53.4 Å². The van der Waals surface area contributed by atoms with Crippen LogP contribution in [0.2, 0.25) is 5.02 Å². The molecular weight excluding hydrogens is 981 g/mol. The highest BCUT2D eigenvalue weighted by Crippen LogP contribution is 2.33. The van der Waals surface area contributed by atoms with E-state index in [1.165, 1.54) is 69.7 Å². The number of carbonyl (C=O) groups is 4. The third-order valence-corrected chi connectivity index (χ3v) is 16.0. The minimum atomic E-state index is -4.68. The summed E-state index contributed by atoms with van der Waals surface area (Å²) in [4.78, 5) is 53.4. The van der Waals surface area contributed by atoms with E-state index in [4.69, 9.17) is 30.5 Å². The Morgan fingerprint density at radius 3 is 1.69 bits per heavy atom. The summed E-state index contributed by atoms with van der Waals surface area (Å²) in [7, 11) is -7.26. The van der Waals surface area contributed by atoms with Crippen LogP contribution in [-0.4, -0.2) is 125 Å². The third kappa shape index (κ3) is 13.6. The average molecular weight is 1040 g/mol. The molecule has 16 nitrogen and oxygen atoms in total. The Morgan fingerprint density at radius 2 is 1.17 bits per heavy atom. The molecule has 0 radical (unpaired) electrons. The zero-order chi connectivity index (χ0) is 50.8. The molecule has 4 aromatic rings. The second kappa shape index (κ2) is 23.4. The van der Waals surface area contributed by atoms with Gasteiger partial charge in [-0.3, -0.25) is 0 Å². The molecule has 4 aromatic carbocycles. The summed E-state index contributed by atoms with van der Waals surface area (Å²) < 4.78 is 120. The Bertz CT molecular complexity index is 2680. The number of alkyl halides is 3. The predicted molar refractivity (Wildman–Crippen MR) is 250 cm³/mol. The number of benzene rings is 4. The van der Waals surface area contributed by atoms with Crippen LogP contribution >= 0.6 is 11.6 Å². The van der Waals surface area contributed by atoms with Crippen LogP contribution in [0.15, 0.2) is 107 Å². The highest BCUT2D eigenvalue weighted by molar-refractivity contribution is 7.89. The van der Waals surface area contributed by atoms with E-state index in [2.05, 4.69) is 0 Å². The van der Waals surface area contributed by atoms with Gasteiger partial charge >= 0.3 is 30.3 Å². The van der Waals surface area contributed by atoms with Gasteiger partial charge in [-0.25, -0.2) is 36.0 Å². The van der Waals surface area contributed by atoms with Crippen molar-refractivity contribution in [3.63, 3.8) is 0 Å². The number of esters is 2. The predicted octanol–water partition coefficient (Wildman–Crippen LogP) is 8.24.